The van der Waals surface area contributed by atoms with Crippen LogP contribution in [0.4, 0.5) is 0 Å². The van der Waals surface area contributed by atoms with Crippen molar-refractivity contribution < 1.29 is 9.90 Å². The van der Waals surface area contributed by atoms with Crippen LogP contribution in [0.25, 0.3) is 0 Å². The monoisotopic (exact) mass is 267 g/mol. The fraction of sp³-hybridized carbons (Fsp3) is 0.938. The second-order valence-electron chi connectivity index (χ2n) is 6.91. The predicted octanol–water partition coefficient (Wildman–Crippen LogP) is 3.39. The summed E-state index contributed by atoms with van der Waals surface area (Å²) in [5.74, 6) is 1.69. The fourth-order valence-corrected chi connectivity index (χ4v) is 3.90. The van der Waals surface area contributed by atoms with E-state index in [2.05, 4.69) is 18.7 Å². The first-order valence-corrected chi connectivity index (χ1v) is 8.02. The number of rotatable bonds is 5. The van der Waals surface area contributed by atoms with Crippen LogP contribution in [0.1, 0.15) is 58.8 Å². The van der Waals surface area contributed by atoms with Crippen LogP contribution >= 0.6 is 0 Å². The van der Waals surface area contributed by atoms with E-state index in [9.17, 15) is 4.79 Å². The molecule has 3 atom stereocenters. The van der Waals surface area contributed by atoms with Crippen molar-refractivity contribution >= 4 is 5.97 Å². The van der Waals surface area contributed by atoms with Gasteiger partial charge in [0.25, 0.3) is 0 Å². The van der Waals surface area contributed by atoms with Crippen molar-refractivity contribution in [1.82, 2.24) is 4.90 Å². The molecule has 1 aliphatic carbocycles. The largest absolute Gasteiger partial charge is 0.481 e. The van der Waals surface area contributed by atoms with Crippen molar-refractivity contribution in [2.45, 2.75) is 64.8 Å². The van der Waals surface area contributed by atoms with Gasteiger partial charge in [-0.2, -0.15) is 0 Å². The van der Waals surface area contributed by atoms with Gasteiger partial charge in [0, 0.05) is 19.0 Å². The summed E-state index contributed by atoms with van der Waals surface area (Å²) in [4.78, 5) is 13.3. The number of hydrogen-bond acceptors (Lipinski definition) is 2. The normalized spacial score (nSPS) is 32.9. The van der Waals surface area contributed by atoms with E-state index in [4.69, 9.17) is 5.11 Å². The maximum atomic E-state index is 10.6. The molecule has 1 saturated heterocycles. The molecule has 1 saturated carbocycles. The lowest BCUT2D eigenvalue weighted by atomic mass is 9.79. The van der Waals surface area contributed by atoms with Crippen LogP contribution in [0.2, 0.25) is 0 Å². The number of carboxylic acids is 1. The minimum Gasteiger partial charge on any atom is -0.481 e. The average molecular weight is 267 g/mol. The molecular weight excluding hydrogens is 238 g/mol. The molecule has 3 heteroatoms. The summed E-state index contributed by atoms with van der Waals surface area (Å²) in [5, 5.41) is 8.77. The van der Waals surface area contributed by atoms with Gasteiger partial charge in [0.2, 0.25) is 0 Å². The topological polar surface area (TPSA) is 40.5 Å². The smallest absolute Gasteiger partial charge is 0.303 e. The lowest BCUT2D eigenvalue weighted by Crippen LogP contribution is -2.38. The van der Waals surface area contributed by atoms with Crippen molar-refractivity contribution in [2.24, 2.45) is 17.8 Å². The van der Waals surface area contributed by atoms with E-state index in [1.165, 1.54) is 38.6 Å². The predicted molar refractivity (Wildman–Crippen MR) is 77.1 cm³/mol. The van der Waals surface area contributed by atoms with Gasteiger partial charge in [-0.1, -0.05) is 26.7 Å². The number of hydrogen-bond donors (Lipinski definition) is 1. The van der Waals surface area contributed by atoms with E-state index in [0.717, 1.165) is 30.8 Å². The highest BCUT2D eigenvalue weighted by atomic mass is 16.4. The summed E-state index contributed by atoms with van der Waals surface area (Å²) < 4.78 is 0. The van der Waals surface area contributed by atoms with E-state index >= 15 is 0 Å². The van der Waals surface area contributed by atoms with Crippen molar-refractivity contribution in [2.75, 3.05) is 13.1 Å². The summed E-state index contributed by atoms with van der Waals surface area (Å²) in [6.07, 6.45) is 7.92. The van der Waals surface area contributed by atoms with Crippen LogP contribution < -0.4 is 0 Å². The number of carboxylic acid groups (broad SMARTS) is 1. The molecule has 0 aromatic heterocycles. The zero-order chi connectivity index (χ0) is 13.8. The molecule has 2 fully saturated rings. The Labute approximate surface area is 117 Å². The second-order valence-corrected chi connectivity index (χ2v) is 6.91. The summed E-state index contributed by atoms with van der Waals surface area (Å²) in [5.41, 5.74) is 0. The maximum Gasteiger partial charge on any atom is 0.303 e. The SMILES string of the molecule is CC(C)C1CCCC(N2CCC(CCC(=O)O)C2)C1. The third-order valence-electron chi connectivity index (χ3n) is 5.23. The first-order valence-electron chi connectivity index (χ1n) is 8.02. The molecule has 0 aromatic carbocycles. The lowest BCUT2D eigenvalue weighted by Gasteiger charge is -2.37. The first kappa shape index (κ1) is 14.8. The highest BCUT2D eigenvalue weighted by Crippen LogP contribution is 2.35. The molecule has 3 nitrogen and oxygen atoms in total. The van der Waals surface area contributed by atoms with E-state index in [-0.39, 0.29) is 0 Å². The molecule has 0 amide bonds. The molecule has 0 bridgehead atoms. The number of nitrogens with zero attached hydrogens (tertiary/aromatic N) is 1. The zero-order valence-corrected chi connectivity index (χ0v) is 12.5. The Bertz CT molecular complexity index is 303. The average Bonchev–Trinajstić information content (AvgIpc) is 2.85. The van der Waals surface area contributed by atoms with E-state index in [1.54, 1.807) is 0 Å². The standard InChI is InChI=1S/C16H29NO2/c1-12(2)14-4-3-5-15(10-14)17-9-8-13(11-17)6-7-16(18)19/h12-15H,3-11H2,1-2H3,(H,18,19). The minimum absolute atomic E-state index is 0.345. The number of carbonyl (C=O) groups is 1. The Kier molecular flexibility index (Phi) is 5.26. The van der Waals surface area contributed by atoms with Crippen molar-refractivity contribution in [3.05, 3.63) is 0 Å². The van der Waals surface area contributed by atoms with Crippen molar-refractivity contribution in [1.29, 1.82) is 0 Å². The highest BCUT2D eigenvalue weighted by molar-refractivity contribution is 5.66. The number of likely N-dealkylation sites (tertiary alicyclic amines) is 1. The fourth-order valence-electron chi connectivity index (χ4n) is 3.90. The maximum absolute atomic E-state index is 10.6. The number of aliphatic carboxylic acids is 1. The van der Waals surface area contributed by atoms with Crippen molar-refractivity contribution in [3.63, 3.8) is 0 Å². The molecule has 19 heavy (non-hydrogen) atoms. The van der Waals surface area contributed by atoms with Gasteiger partial charge < -0.3 is 10.0 Å². The summed E-state index contributed by atoms with van der Waals surface area (Å²) >= 11 is 0. The molecule has 110 valence electrons. The van der Waals surface area contributed by atoms with Gasteiger partial charge >= 0.3 is 5.97 Å². The molecule has 1 N–H and O–H groups in total. The molecular formula is C16H29NO2. The van der Waals surface area contributed by atoms with Gasteiger partial charge in [0.15, 0.2) is 0 Å². The molecule has 0 spiro atoms. The Hall–Kier alpha value is -0.570. The van der Waals surface area contributed by atoms with Crippen LogP contribution in [-0.4, -0.2) is 35.1 Å². The summed E-state index contributed by atoms with van der Waals surface area (Å²) in [6.45, 7) is 7.04. The Morgan fingerprint density at radius 2 is 2.11 bits per heavy atom. The molecule has 0 radical (unpaired) electrons. The van der Waals surface area contributed by atoms with Gasteiger partial charge in [0.1, 0.15) is 0 Å². The van der Waals surface area contributed by atoms with E-state index in [1.807, 2.05) is 0 Å². The third-order valence-corrected chi connectivity index (χ3v) is 5.23. The molecule has 2 rings (SSSR count). The van der Waals surface area contributed by atoms with Crippen LogP contribution in [-0.2, 0) is 4.79 Å². The first-order chi connectivity index (χ1) is 9.06. The van der Waals surface area contributed by atoms with Gasteiger partial charge in [0.05, 0.1) is 0 Å². The van der Waals surface area contributed by atoms with E-state index in [0.29, 0.717) is 12.3 Å². The summed E-state index contributed by atoms with van der Waals surface area (Å²) in [6, 6.07) is 0.774. The molecule has 2 aliphatic rings. The molecule has 0 aromatic rings. The van der Waals surface area contributed by atoms with Crippen LogP contribution in [0.15, 0.2) is 0 Å². The Morgan fingerprint density at radius 1 is 1.32 bits per heavy atom. The lowest BCUT2D eigenvalue weighted by molar-refractivity contribution is -0.137. The van der Waals surface area contributed by atoms with Crippen molar-refractivity contribution in [3.8, 4) is 0 Å². The molecule has 3 unspecified atom stereocenters. The van der Waals surface area contributed by atoms with Crippen LogP contribution in [0.5, 0.6) is 0 Å². The Balaban J connectivity index is 1.78. The minimum atomic E-state index is -0.643. The van der Waals surface area contributed by atoms with Crippen LogP contribution in [0, 0.1) is 17.8 Å². The quantitative estimate of drug-likeness (QED) is 0.830. The second kappa shape index (κ2) is 6.74. The van der Waals surface area contributed by atoms with Crippen LogP contribution in [0.3, 0.4) is 0 Å². The highest BCUT2D eigenvalue weighted by Gasteiger charge is 2.32. The van der Waals surface area contributed by atoms with Gasteiger partial charge in [-0.15, -0.1) is 0 Å². The van der Waals surface area contributed by atoms with E-state index < -0.39 is 5.97 Å². The molecule has 1 heterocycles. The Morgan fingerprint density at radius 3 is 2.79 bits per heavy atom. The summed E-state index contributed by atoms with van der Waals surface area (Å²) in [7, 11) is 0. The van der Waals surface area contributed by atoms with Gasteiger partial charge in [-0.05, 0) is 50.0 Å². The molecule has 1 aliphatic heterocycles. The zero-order valence-electron chi connectivity index (χ0n) is 12.5. The van der Waals surface area contributed by atoms with Gasteiger partial charge in [-0.25, -0.2) is 0 Å². The third kappa shape index (κ3) is 4.20. The van der Waals surface area contributed by atoms with Gasteiger partial charge in [-0.3, -0.25) is 4.79 Å².